The molecule has 3 nitrogen and oxygen atoms in total. The Labute approximate surface area is 199 Å². The van der Waals surface area contributed by atoms with E-state index < -0.39 is 8.07 Å². The molecule has 2 heterocycles. The molecule has 0 bridgehead atoms. The van der Waals surface area contributed by atoms with Crippen LogP contribution in [0.5, 0.6) is 5.75 Å². The Morgan fingerprint density at radius 3 is 2.26 bits per heavy atom. The van der Waals surface area contributed by atoms with Crippen molar-refractivity contribution in [3.63, 3.8) is 0 Å². The van der Waals surface area contributed by atoms with Gasteiger partial charge in [-0.1, -0.05) is 0 Å². The van der Waals surface area contributed by atoms with Gasteiger partial charge < -0.3 is 0 Å². The van der Waals surface area contributed by atoms with Gasteiger partial charge in [0.05, 0.1) is 0 Å². The quantitative estimate of drug-likeness (QED) is 0.336. The summed E-state index contributed by atoms with van der Waals surface area (Å²) >= 11 is 3.90. The van der Waals surface area contributed by atoms with E-state index in [0.29, 0.717) is 5.75 Å². The molecule has 0 amide bonds. The van der Waals surface area contributed by atoms with Crippen LogP contribution >= 0.6 is 15.9 Å². The van der Waals surface area contributed by atoms with Crippen molar-refractivity contribution in [1.29, 1.82) is 0 Å². The minimum absolute atomic E-state index is 0.0208. The zero-order valence-corrected chi connectivity index (χ0v) is 23.4. The summed E-state index contributed by atoms with van der Waals surface area (Å²) in [4.78, 5) is 17.6. The number of allylic oxidation sites excluding steroid dienone is 4. The monoisotopic (exact) mass is 561 g/mol. The van der Waals surface area contributed by atoms with E-state index in [2.05, 4.69) is 70.5 Å². The van der Waals surface area contributed by atoms with Gasteiger partial charge in [-0.15, -0.1) is 0 Å². The third kappa shape index (κ3) is 3.26. The van der Waals surface area contributed by atoms with E-state index in [1.165, 1.54) is 14.1 Å². The van der Waals surface area contributed by atoms with Crippen LogP contribution in [0.25, 0.3) is 10.0 Å². The first kappa shape index (κ1) is 22.7. The number of nitrogens with zero attached hydrogens (tertiary/aromatic N) is 1. The van der Waals surface area contributed by atoms with E-state index in [0.717, 1.165) is 26.6 Å². The van der Waals surface area contributed by atoms with Gasteiger partial charge in [0.1, 0.15) is 0 Å². The summed E-state index contributed by atoms with van der Waals surface area (Å²) < 4.78 is 3.53. The first-order valence-electron chi connectivity index (χ1n) is 10.4. The average molecular weight is 561 g/mol. The predicted molar refractivity (Wildman–Crippen MR) is 137 cm³/mol. The van der Waals surface area contributed by atoms with E-state index in [9.17, 15) is 9.90 Å². The maximum atomic E-state index is 12.6. The Kier molecular flexibility index (Phi) is 5.33. The second-order valence-electron chi connectivity index (χ2n) is 10.4. The first-order valence-corrected chi connectivity index (χ1v) is 15.0. The number of fused-ring (bicyclic) bond motifs is 2. The van der Waals surface area contributed by atoms with E-state index in [1.807, 2.05) is 18.2 Å². The van der Waals surface area contributed by atoms with Gasteiger partial charge in [-0.25, -0.2) is 0 Å². The molecule has 1 aromatic heterocycles. The van der Waals surface area contributed by atoms with Crippen molar-refractivity contribution < 1.29 is 9.90 Å². The second-order valence-corrected chi connectivity index (χ2v) is 19.5. The molecule has 31 heavy (non-hydrogen) atoms. The number of ketones is 1. The van der Waals surface area contributed by atoms with Gasteiger partial charge in [0.15, 0.2) is 0 Å². The summed E-state index contributed by atoms with van der Waals surface area (Å²) in [7, 11) is -2.68. The molecule has 0 saturated carbocycles. The molecule has 0 atom stereocenters. The van der Waals surface area contributed by atoms with Gasteiger partial charge in [0, 0.05) is 0 Å². The first-order chi connectivity index (χ1) is 14.3. The molecule has 2 aliphatic rings. The van der Waals surface area contributed by atoms with Crippen LogP contribution in [-0.2, 0) is 4.79 Å². The van der Waals surface area contributed by atoms with Crippen molar-refractivity contribution in [3.05, 3.63) is 50.5 Å². The predicted octanol–water partition coefficient (Wildman–Crippen LogP) is 6.13. The number of phenols is 1. The zero-order valence-electron chi connectivity index (χ0n) is 19.1. The summed E-state index contributed by atoms with van der Waals surface area (Å²) in [5, 5.41) is 13.3. The average Bonchev–Trinajstić information content (AvgIpc) is 2.95. The molecule has 0 saturated heterocycles. The second kappa shape index (κ2) is 7.28. The number of aryl methyl sites for hydroxylation is 1. The maximum absolute atomic E-state index is 12.6. The third-order valence-corrected chi connectivity index (χ3v) is 16.9. The number of hydrogen-bond donors (Lipinski definition) is 1. The molecule has 1 aromatic carbocycles. The number of aliphatic imine (C=N–C) groups is 1. The summed E-state index contributed by atoms with van der Waals surface area (Å²) in [6.07, 6.45) is 5.32. The van der Waals surface area contributed by atoms with Crippen LogP contribution in [0, 0.1) is 6.92 Å². The Hall–Kier alpha value is -1.46. The summed E-state index contributed by atoms with van der Waals surface area (Å²) in [6.45, 7) is 15.9. The molecular weight excluding hydrogens is 533 g/mol. The minimum atomic E-state index is -2.68. The topological polar surface area (TPSA) is 49.7 Å². The van der Waals surface area contributed by atoms with Crippen molar-refractivity contribution in [2.45, 2.75) is 58.5 Å². The number of phenolic OH excluding ortho intramolecular Hbond substituents is 1. The fraction of sp³-hybridized carbons (Fsp3) is 0.360. The van der Waals surface area contributed by atoms with Crippen molar-refractivity contribution in [2.24, 2.45) is 4.99 Å². The Morgan fingerprint density at radius 2 is 1.71 bits per heavy atom. The van der Waals surface area contributed by atoms with Crippen LogP contribution in [0.2, 0.25) is 10.1 Å². The SMILES string of the molecule is Cc1cc(Br)c(-c2c(O)ccc3c2[Si](C(C)(C)C)(C(C)(C)C)C2=CC(=O)C=CC2=N3)[se]1. The number of carbonyl (C=O) groups excluding carboxylic acids is 1. The molecule has 1 aliphatic carbocycles. The number of hydrogen-bond acceptors (Lipinski definition) is 3. The fourth-order valence-electron chi connectivity index (χ4n) is 5.80. The molecule has 1 N–H and O–H groups in total. The third-order valence-electron chi connectivity index (χ3n) is 6.44. The summed E-state index contributed by atoms with van der Waals surface area (Å²) in [5.41, 5.74) is 2.77. The Bertz CT molecular complexity index is 1190. The van der Waals surface area contributed by atoms with Gasteiger partial charge in [-0.2, -0.15) is 0 Å². The van der Waals surface area contributed by atoms with E-state index in [1.54, 1.807) is 12.1 Å². The molecule has 162 valence electrons. The summed E-state index contributed by atoms with van der Waals surface area (Å²) in [6, 6.07) is 5.90. The number of halogens is 1. The van der Waals surface area contributed by atoms with Crippen molar-refractivity contribution in [3.8, 4) is 15.8 Å². The van der Waals surface area contributed by atoms with Crippen LogP contribution in [0.3, 0.4) is 0 Å². The Morgan fingerprint density at radius 1 is 1.06 bits per heavy atom. The van der Waals surface area contributed by atoms with Gasteiger partial charge in [-0.3, -0.25) is 0 Å². The fourth-order valence-corrected chi connectivity index (χ4v) is 17.0. The number of rotatable bonds is 1. The Balaban J connectivity index is 2.27. The molecule has 0 spiro atoms. The molecule has 2 aromatic rings. The van der Waals surface area contributed by atoms with Crippen molar-refractivity contribution in [2.75, 3.05) is 0 Å². The molecule has 1 aliphatic heterocycles. The normalized spacial score (nSPS) is 17.7. The molecule has 0 fully saturated rings. The van der Waals surface area contributed by atoms with E-state index >= 15 is 0 Å². The molecule has 4 rings (SSSR count). The van der Waals surface area contributed by atoms with Crippen LogP contribution in [0.1, 0.15) is 46.0 Å². The van der Waals surface area contributed by atoms with Gasteiger partial charge in [-0.05, 0) is 0 Å². The number of benzene rings is 1. The molecular formula is C25H28BrNO2SeSi. The van der Waals surface area contributed by atoms with E-state index in [4.69, 9.17) is 4.99 Å². The standard InChI is InChI=1S/C25H28BrNO2SeSi/c1-14-12-16(26)22(30-14)21-19(29)11-10-18-23(21)31(24(2,3)4,25(5,6)7)20-13-15(28)8-9-17(20)27-18/h8-13,29H,1-7H3. The molecule has 0 radical (unpaired) electrons. The number of aromatic hydroxyl groups is 1. The van der Waals surface area contributed by atoms with Crippen molar-refractivity contribution in [1.82, 2.24) is 0 Å². The molecule has 0 unspecified atom stereocenters. The van der Waals surface area contributed by atoms with Crippen LogP contribution < -0.4 is 5.19 Å². The van der Waals surface area contributed by atoms with Crippen LogP contribution in [-0.4, -0.2) is 39.2 Å². The van der Waals surface area contributed by atoms with Crippen LogP contribution in [0.15, 0.2) is 51.1 Å². The van der Waals surface area contributed by atoms with Gasteiger partial charge >= 0.3 is 201 Å². The molecule has 6 heteroatoms. The van der Waals surface area contributed by atoms with E-state index in [-0.39, 0.29) is 30.4 Å². The van der Waals surface area contributed by atoms with Gasteiger partial charge in [0.25, 0.3) is 0 Å². The van der Waals surface area contributed by atoms with Crippen LogP contribution in [0.4, 0.5) is 5.69 Å². The van der Waals surface area contributed by atoms with Crippen molar-refractivity contribution >= 4 is 60.9 Å². The van der Waals surface area contributed by atoms with Gasteiger partial charge in [0.2, 0.25) is 0 Å². The number of carbonyl (C=O) groups is 1. The summed E-state index contributed by atoms with van der Waals surface area (Å²) in [5.74, 6) is 0.324. The zero-order chi connectivity index (χ0) is 22.9.